The Kier molecular flexibility index (Phi) is 4.85. The van der Waals surface area contributed by atoms with Gasteiger partial charge in [-0.1, -0.05) is 25.3 Å². The Labute approximate surface area is 137 Å². The summed E-state index contributed by atoms with van der Waals surface area (Å²) in [6.45, 7) is 1.36. The van der Waals surface area contributed by atoms with Crippen molar-refractivity contribution in [2.45, 2.75) is 57.0 Å². The summed E-state index contributed by atoms with van der Waals surface area (Å²) in [5.41, 5.74) is 1.22. The Morgan fingerprint density at radius 2 is 2.17 bits per heavy atom. The van der Waals surface area contributed by atoms with Crippen LogP contribution in [0.5, 0.6) is 5.88 Å². The zero-order chi connectivity index (χ0) is 16.3. The van der Waals surface area contributed by atoms with Crippen molar-refractivity contribution in [3.05, 3.63) is 23.9 Å². The van der Waals surface area contributed by atoms with Gasteiger partial charge in [0.2, 0.25) is 5.88 Å². The molecule has 1 saturated heterocycles. The average Bonchev–Trinajstić information content (AvgIpc) is 2.58. The molecule has 1 aromatic heterocycles. The number of hydrogen-bond donors (Lipinski definition) is 1. The molecule has 1 spiro atoms. The van der Waals surface area contributed by atoms with E-state index < -0.39 is 5.97 Å². The molecule has 2 fully saturated rings. The number of ether oxygens (including phenoxy) is 1. The number of methoxy groups -OCH3 is 1. The van der Waals surface area contributed by atoms with Crippen LogP contribution in [0.15, 0.2) is 18.3 Å². The molecule has 0 bridgehead atoms. The van der Waals surface area contributed by atoms with E-state index in [1.807, 2.05) is 12.1 Å². The van der Waals surface area contributed by atoms with Gasteiger partial charge in [0.25, 0.3) is 0 Å². The molecule has 5 nitrogen and oxygen atoms in total. The maximum absolute atomic E-state index is 11.5. The Morgan fingerprint density at radius 1 is 1.39 bits per heavy atom. The van der Waals surface area contributed by atoms with Gasteiger partial charge in [0.1, 0.15) is 0 Å². The molecule has 0 radical (unpaired) electrons. The van der Waals surface area contributed by atoms with Crippen LogP contribution in [-0.2, 0) is 11.3 Å². The van der Waals surface area contributed by atoms with E-state index in [4.69, 9.17) is 4.74 Å². The highest BCUT2D eigenvalue weighted by Crippen LogP contribution is 2.43. The fourth-order valence-corrected chi connectivity index (χ4v) is 4.30. The van der Waals surface area contributed by atoms with Gasteiger partial charge in [-0.2, -0.15) is 0 Å². The molecule has 2 heterocycles. The van der Waals surface area contributed by atoms with Crippen molar-refractivity contribution in [2.24, 2.45) is 5.92 Å². The van der Waals surface area contributed by atoms with Crippen molar-refractivity contribution in [2.75, 3.05) is 13.7 Å². The van der Waals surface area contributed by atoms with E-state index in [9.17, 15) is 9.90 Å². The fourth-order valence-electron chi connectivity index (χ4n) is 4.30. The summed E-state index contributed by atoms with van der Waals surface area (Å²) in [6.07, 6.45) is 9.69. The van der Waals surface area contributed by atoms with Crippen LogP contribution in [0, 0.1) is 5.92 Å². The van der Waals surface area contributed by atoms with Crippen LogP contribution in [0.3, 0.4) is 0 Å². The lowest BCUT2D eigenvalue weighted by molar-refractivity contribution is -0.146. The van der Waals surface area contributed by atoms with Crippen molar-refractivity contribution in [3.63, 3.8) is 0 Å². The van der Waals surface area contributed by atoms with Crippen molar-refractivity contribution in [1.82, 2.24) is 9.88 Å². The molecule has 23 heavy (non-hydrogen) atoms. The van der Waals surface area contributed by atoms with Crippen LogP contribution in [-0.4, -0.2) is 40.2 Å². The van der Waals surface area contributed by atoms with E-state index in [0.717, 1.165) is 24.9 Å². The highest BCUT2D eigenvalue weighted by molar-refractivity contribution is 5.70. The molecule has 0 aromatic carbocycles. The topological polar surface area (TPSA) is 62.7 Å². The van der Waals surface area contributed by atoms with Gasteiger partial charge in [-0.25, -0.2) is 4.98 Å². The minimum Gasteiger partial charge on any atom is -0.481 e. The van der Waals surface area contributed by atoms with Gasteiger partial charge in [-0.15, -0.1) is 0 Å². The van der Waals surface area contributed by atoms with Gasteiger partial charge in [0.15, 0.2) is 0 Å². The van der Waals surface area contributed by atoms with Crippen molar-refractivity contribution in [1.29, 1.82) is 0 Å². The van der Waals surface area contributed by atoms with Gasteiger partial charge in [0, 0.05) is 30.4 Å². The van der Waals surface area contributed by atoms with E-state index in [-0.39, 0.29) is 11.5 Å². The van der Waals surface area contributed by atoms with E-state index in [0.29, 0.717) is 12.4 Å². The number of carbonyl (C=O) groups is 1. The summed E-state index contributed by atoms with van der Waals surface area (Å²) >= 11 is 0. The molecule has 2 aliphatic rings. The van der Waals surface area contributed by atoms with Gasteiger partial charge in [0.05, 0.1) is 13.0 Å². The van der Waals surface area contributed by atoms with Gasteiger partial charge < -0.3 is 9.84 Å². The molecule has 3 rings (SSSR count). The maximum Gasteiger partial charge on any atom is 0.307 e. The molecule has 1 aromatic rings. The molecule has 5 heteroatoms. The number of piperidine rings is 1. The third kappa shape index (κ3) is 3.34. The Hall–Kier alpha value is -1.62. The second-order valence-electron chi connectivity index (χ2n) is 6.91. The number of carboxylic acids is 1. The van der Waals surface area contributed by atoms with Crippen LogP contribution in [0.2, 0.25) is 0 Å². The largest absolute Gasteiger partial charge is 0.481 e. The maximum atomic E-state index is 11.5. The number of aliphatic carboxylic acids is 1. The summed E-state index contributed by atoms with van der Waals surface area (Å²) < 4.78 is 5.38. The molecule has 0 amide bonds. The smallest absolute Gasteiger partial charge is 0.307 e. The molecule has 1 aliphatic heterocycles. The van der Waals surface area contributed by atoms with E-state index >= 15 is 0 Å². The lowest BCUT2D eigenvalue weighted by atomic mass is 9.72. The second kappa shape index (κ2) is 6.87. The fraction of sp³-hybridized carbons (Fsp3) is 0.667. The lowest BCUT2D eigenvalue weighted by Crippen LogP contribution is -2.55. The first-order chi connectivity index (χ1) is 11.1. The zero-order valence-electron chi connectivity index (χ0n) is 13.8. The first-order valence-electron chi connectivity index (χ1n) is 8.60. The normalized spacial score (nSPS) is 24.5. The number of nitrogens with zero attached hydrogens (tertiary/aromatic N) is 2. The monoisotopic (exact) mass is 318 g/mol. The Bertz CT molecular complexity index is 555. The molecule has 1 saturated carbocycles. The van der Waals surface area contributed by atoms with Crippen LogP contribution in [0.25, 0.3) is 0 Å². The third-order valence-electron chi connectivity index (χ3n) is 5.61. The van der Waals surface area contributed by atoms with Crippen molar-refractivity contribution in [3.8, 4) is 5.88 Å². The lowest BCUT2D eigenvalue weighted by Gasteiger charge is -2.51. The van der Waals surface area contributed by atoms with Crippen LogP contribution < -0.4 is 4.74 Å². The molecular formula is C18H26N2O3. The summed E-state index contributed by atoms with van der Waals surface area (Å²) in [7, 11) is 1.64. The van der Waals surface area contributed by atoms with Crippen LogP contribution >= 0.6 is 0 Å². The van der Waals surface area contributed by atoms with Gasteiger partial charge in [-0.3, -0.25) is 9.69 Å². The van der Waals surface area contributed by atoms with E-state index in [1.54, 1.807) is 13.3 Å². The summed E-state index contributed by atoms with van der Waals surface area (Å²) in [6, 6.07) is 3.96. The summed E-state index contributed by atoms with van der Waals surface area (Å²) in [5.74, 6) is -0.278. The van der Waals surface area contributed by atoms with Crippen LogP contribution in [0.4, 0.5) is 0 Å². The molecule has 1 atom stereocenters. The number of aromatic nitrogens is 1. The number of likely N-dealkylation sites (tertiary alicyclic amines) is 1. The van der Waals surface area contributed by atoms with Gasteiger partial charge >= 0.3 is 5.97 Å². The minimum atomic E-state index is -0.668. The predicted molar refractivity (Wildman–Crippen MR) is 87.4 cm³/mol. The Morgan fingerprint density at radius 3 is 2.87 bits per heavy atom. The molecular weight excluding hydrogens is 292 g/mol. The van der Waals surface area contributed by atoms with Crippen molar-refractivity contribution < 1.29 is 14.6 Å². The minimum absolute atomic E-state index is 0.172. The quantitative estimate of drug-likeness (QED) is 0.924. The highest BCUT2D eigenvalue weighted by Gasteiger charge is 2.43. The Balaban J connectivity index is 1.85. The van der Waals surface area contributed by atoms with Crippen LogP contribution in [0.1, 0.15) is 50.5 Å². The highest BCUT2D eigenvalue weighted by atomic mass is 16.5. The summed E-state index contributed by atoms with van der Waals surface area (Å²) in [5, 5.41) is 9.45. The number of rotatable bonds is 4. The van der Waals surface area contributed by atoms with E-state index in [1.165, 1.54) is 32.1 Å². The van der Waals surface area contributed by atoms with E-state index in [2.05, 4.69) is 9.88 Å². The number of hydrogen-bond acceptors (Lipinski definition) is 4. The third-order valence-corrected chi connectivity index (χ3v) is 5.61. The molecule has 1 aliphatic carbocycles. The predicted octanol–water partition coefficient (Wildman–Crippen LogP) is 3.09. The SMILES string of the molecule is COc1ncccc1CN1CC(C(=O)O)CCC12CCCCC2. The average molecular weight is 318 g/mol. The number of pyridine rings is 1. The standard InChI is InChI=1S/C18H26N2O3/c1-23-16-14(6-5-11-19-16)12-20-13-15(17(21)22)7-10-18(20)8-3-2-4-9-18/h5-6,11,15H,2-4,7-10,12-13H2,1H3,(H,21,22). The first-order valence-corrected chi connectivity index (χ1v) is 8.60. The second-order valence-corrected chi connectivity index (χ2v) is 6.91. The summed E-state index contributed by atoms with van der Waals surface area (Å²) in [4.78, 5) is 18.2. The number of carboxylic acid groups (broad SMARTS) is 1. The molecule has 126 valence electrons. The molecule has 1 N–H and O–H groups in total. The van der Waals surface area contributed by atoms with Gasteiger partial charge in [-0.05, 0) is 31.7 Å². The zero-order valence-corrected chi connectivity index (χ0v) is 13.8. The van der Waals surface area contributed by atoms with Crippen molar-refractivity contribution >= 4 is 5.97 Å². The molecule has 1 unspecified atom stereocenters. The first kappa shape index (κ1) is 16.2.